The van der Waals surface area contributed by atoms with Gasteiger partial charge in [0.2, 0.25) is 0 Å². The van der Waals surface area contributed by atoms with E-state index in [-0.39, 0.29) is 5.78 Å². The number of benzene rings is 1. The molecule has 0 N–H and O–H groups in total. The van der Waals surface area contributed by atoms with Crippen LogP contribution in [0.5, 0.6) is 0 Å². The van der Waals surface area contributed by atoms with Gasteiger partial charge in [0.05, 0.1) is 6.61 Å². The molecule has 0 saturated carbocycles. The minimum Gasteiger partial charge on any atom is -0.377 e. The van der Waals surface area contributed by atoms with Crippen LogP contribution in [0.1, 0.15) is 36.2 Å². The molecule has 2 nitrogen and oxygen atoms in total. The quantitative estimate of drug-likeness (QED) is 0.670. The Morgan fingerprint density at radius 1 is 1.21 bits per heavy atom. The molecule has 1 aromatic rings. The van der Waals surface area contributed by atoms with E-state index in [2.05, 4.69) is 0 Å². The van der Waals surface area contributed by atoms with Crippen molar-refractivity contribution in [3.05, 3.63) is 35.4 Å². The molecule has 0 aliphatic rings. The smallest absolute Gasteiger partial charge is 0.162 e. The van der Waals surface area contributed by atoms with Crippen molar-refractivity contribution in [2.75, 3.05) is 6.61 Å². The summed E-state index contributed by atoms with van der Waals surface area (Å²) in [5.74, 6) is 0.188. The summed E-state index contributed by atoms with van der Waals surface area (Å²) in [6.07, 6.45) is 0.560. The van der Waals surface area contributed by atoms with Gasteiger partial charge in [-0.1, -0.05) is 31.2 Å². The number of hydrogen-bond donors (Lipinski definition) is 0. The van der Waals surface area contributed by atoms with E-state index in [1.54, 1.807) is 0 Å². The Morgan fingerprint density at radius 2 is 1.86 bits per heavy atom. The van der Waals surface area contributed by atoms with Gasteiger partial charge < -0.3 is 4.74 Å². The van der Waals surface area contributed by atoms with Crippen molar-refractivity contribution < 1.29 is 9.53 Å². The lowest BCUT2D eigenvalue weighted by atomic mass is 10.1. The van der Waals surface area contributed by atoms with E-state index in [0.29, 0.717) is 13.0 Å². The summed E-state index contributed by atoms with van der Waals surface area (Å²) in [6, 6.07) is 7.61. The average Bonchev–Trinajstić information content (AvgIpc) is 2.26. The van der Waals surface area contributed by atoms with Crippen LogP contribution in [0.3, 0.4) is 0 Å². The van der Waals surface area contributed by atoms with Gasteiger partial charge in [-0.3, -0.25) is 4.79 Å². The Kier molecular flexibility index (Phi) is 4.33. The maximum Gasteiger partial charge on any atom is 0.162 e. The number of Topliss-reactive ketones (excluding diaryl/α,β-unsaturated/α-hetero) is 1. The van der Waals surface area contributed by atoms with Gasteiger partial charge in [0.15, 0.2) is 5.78 Å². The van der Waals surface area contributed by atoms with Crippen LogP contribution in [0, 0.1) is 0 Å². The van der Waals surface area contributed by atoms with Crippen molar-refractivity contribution in [1.29, 1.82) is 0 Å². The van der Waals surface area contributed by atoms with E-state index >= 15 is 0 Å². The number of hydrogen-bond acceptors (Lipinski definition) is 2. The number of ether oxygens (including phenoxy) is 1. The van der Waals surface area contributed by atoms with Crippen LogP contribution in [-0.4, -0.2) is 12.4 Å². The lowest BCUT2D eigenvalue weighted by Crippen LogP contribution is -1.97. The molecular formula is C12H16O2. The summed E-state index contributed by atoms with van der Waals surface area (Å²) < 4.78 is 5.26. The highest BCUT2D eigenvalue weighted by molar-refractivity contribution is 5.95. The maximum atomic E-state index is 11.3. The van der Waals surface area contributed by atoms with Crippen molar-refractivity contribution in [3.63, 3.8) is 0 Å². The van der Waals surface area contributed by atoms with Crippen molar-refractivity contribution in [2.24, 2.45) is 0 Å². The molecule has 0 radical (unpaired) electrons. The summed E-state index contributed by atoms with van der Waals surface area (Å²) in [6.45, 7) is 5.18. The Bertz CT molecular complexity index is 288. The second-order valence-electron chi connectivity index (χ2n) is 3.11. The van der Waals surface area contributed by atoms with Gasteiger partial charge in [-0.05, 0) is 12.5 Å². The predicted octanol–water partition coefficient (Wildman–Crippen LogP) is 2.82. The van der Waals surface area contributed by atoms with Gasteiger partial charge in [-0.25, -0.2) is 0 Å². The molecule has 0 bridgehead atoms. The number of carbonyl (C=O) groups excluding carboxylic acids is 1. The molecular weight excluding hydrogens is 176 g/mol. The Hall–Kier alpha value is -1.15. The fraction of sp³-hybridized carbons (Fsp3) is 0.417. The average molecular weight is 192 g/mol. The minimum absolute atomic E-state index is 0.188. The number of rotatable bonds is 5. The minimum atomic E-state index is 0.188. The summed E-state index contributed by atoms with van der Waals surface area (Å²) in [5.41, 5.74) is 1.90. The Balaban J connectivity index is 2.63. The third-order valence-electron chi connectivity index (χ3n) is 2.07. The predicted molar refractivity (Wildman–Crippen MR) is 56.4 cm³/mol. The van der Waals surface area contributed by atoms with Crippen molar-refractivity contribution in [2.45, 2.75) is 26.9 Å². The van der Waals surface area contributed by atoms with Crippen LogP contribution in [0.25, 0.3) is 0 Å². The standard InChI is InChI=1S/C12H16O2/c1-3-12(13)11-7-5-10(6-8-11)9-14-4-2/h5-8H,3-4,9H2,1-2H3. The fourth-order valence-corrected chi connectivity index (χ4v) is 1.21. The van der Waals surface area contributed by atoms with E-state index < -0.39 is 0 Å². The second-order valence-corrected chi connectivity index (χ2v) is 3.11. The zero-order chi connectivity index (χ0) is 10.4. The highest BCUT2D eigenvalue weighted by Crippen LogP contribution is 2.07. The molecule has 0 atom stereocenters. The van der Waals surface area contributed by atoms with Crippen LogP contribution < -0.4 is 0 Å². The molecule has 0 heterocycles. The molecule has 0 amide bonds. The van der Waals surface area contributed by atoms with Crippen LogP contribution in [0.15, 0.2) is 24.3 Å². The number of carbonyl (C=O) groups is 1. The van der Waals surface area contributed by atoms with Crippen molar-refractivity contribution in [3.8, 4) is 0 Å². The lowest BCUT2D eigenvalue weighted by Gasteiger charge is -2.02. The van der Waals surface area contributed by atoms with Crippen LogP contribution in [0.2, 0.25) is 0 Å². The van der Waals surface area contributed by atoms with E-state index in [1.807, 2.05) is 38.1 Å². The second kappa shape index (κ2) is 5.55. The first-order valence-electron chi connectivity index (χ1n) is 4.97. The van der Waals surface area contributed by atoms with E-state index in [4.69, 9.17) is 4.74 Å². The molecule has 2 heteroatoms. The van der Waals surface area contributed by atoms with Crippen LogP contribution in [0.4, 0.5) is 0 Å². The molecule has 76 valence electrons. The highest BCUT2D eigenvalue weighted by Gasteiger charge is 2.01. The lowest BCUT2D eigenvalue weighted by molar-refractivity contribution is 0.0988. The maximum absolute atomic E-state index is 11.3. The molecule has 0 fully saturated rings. The largest absolute Gasteiger partial charge is 0.377 e. The van der Waals surface area contributed by atoms with Gasteiger partial charge >= 0.3 is 0 Å². The van der Waals surface area contributed by atoms with Crippen molar-refractivity contribution in [1.82, 2.24) is 0 Å². The molecule has 1 aromatic carbocycles. The van der Waals surface area contributed by atoms with Gasteiger partial charge in [-0.15, -0.1) is 0 Å². The molecule has 0 unspecified atom stereocenters. The van der Waals surface area contributed by atoms with Gasteiger partial charge in [-0.2, -0.15) is 0 Å². The first kappa shape index (κ1) is 10.9. The van der Waals surface area contributed by atoms with Crippen LogP contribution in [-0.2, 0) is 11.3 Å². The number of ketones is 1. The topological polar surface area (TPSA) is 26.3 Å². The van der Waals surface area contributed by atoms with E-state index in [1.165, 1.54) is 0 Å². The molecule has 0 aliphatic heterocycles. The Morgan fingerprint density at radius 3 is 2.36 bits per heavy atom. The first-order chi connectivity index (χ1) is 6.77. The molecule has 0 spiro atoms. The molecule has 1 rings (SSSR count). The summed E-state index contributed by atoms with van der Waals surface area (Å²) in [4.78, 5) is 11.3. The zero-order valence-corrected chi connectivity index (χ0v) is 8.75. The molecule has 14 heavy (non-hydrogen) atoms. The van der Waals surface area contributed by atoms with Crippen molar-refractivity contribution >= 4 is 5.78 Å². The third kappa shape index (κ3) is 2.96. The van der Waals surface area contributed by atoms with E-state index in [0.717, 1.165) is 17.7 Å². The first-order valence-corrected chi connectivity index (χ1v) is 4.97. The fourth-order valence-electron chi connectivity index (χ4n) is 1.21. The van der Waals surface area contributed by atoms with Gasteiger partial charge in [0.25, 0.3) is 0 Å². The molecule has 0 saturated heterocycles. The zero-order valence-electron chi connectivity index (χ0n) is 8.75. The summed E-state index contributed by atoms with van der Waals surface area (Å²) in [5, 5.41) is 0. The van der Waals surface area contributed by atoms with Gasteiger partial charge in [0, 0.05) is 18.6 Å². The van der Waals surface area contributed by atoms with Crippen LogP contribution >= 0.6 is 0 Å². The highest BCUT2D eigenvalue weighted by atomic mass is 16.5. The third-order valence-corrected chi connectivity index (χ3v) is 2.07. The normalized spacial score (nSPS) is 10.1. The molecule has 0 aromatic heterocycles. The molecule has 0 aliphatic carbocycles. The Labute approximate surface area is 84.9 Å². The van der Waals surface area contributed by atoms with Gasteiger partial charge in [0.1, 0.15) is 0 Å². The summed E-state index contributed by atoms with van der Waals surface area (Å²) >= 11 is 0. The SMILES string of the molecule is CCOCc1ccc(C(=O)CC)cc1. The summed E-state index contributed by atoms with van der Waals surface area (Å²) in [7, 11) is 0. The van der Waals surface area contributed by atoms with E-state index in [9.17, 15) is 4.79 Å². The monoisotopic (exact) mass is 192 g/mol.